The van der Waals surface area contributed by atoms with Gasteiger partial charge in [0, 0.05) is 30.6 Å². The van der Waals surface area contributed by atoms with Crippen molar-refractivity contribution >= 4 is 16.9 Å². The summed E-state index contributed by atoms with van der Waals surface area (Å²) < 4.78 is 7.01. The van der Waals surface area contributed by atoms with Gasteiger partial charge in [-0.3, -0.25) is 4.68 Å². The van der Waals surface area contributed by atoms with E-state index < -0.39 is 0 Å². The van der Waals surface area contributed by atoms with E-state index in [0.717, 1.165) is 29.1 Å². The zero-order chi connectivity index (χ0) is 18.3. The third kappa shape index (κ3) is 3.01. The second-order valence-corrected chi connectivity index (χ2v) is 7.80. The molecule has 4 heterocycles. The SMILES string of the molecule is COC(=O)c1cccc2c1c(CN[C@@H]1CN3CCC1CC3)nn2C(C)C. The molecule has 3 saturated heterocycles. The number of fused-ring (bicyclic) bond motifs is 4. The van der Waals surface area contributed by atoms with Crippen molar-refractivity contribution in [2.45, 2.75) is 45.3 Å². The Morgan fingerprint density at radius 2 is 2.12 bits per heavy atom. The molecular formula is C20H28N4O2. The number of nitrogens with zero attached hydrogens (tertiary/aromatic N) is 3. The minimum absolute atomic E-state index is 0.232. The Kier molecular flexibility index (Phi) is 4.71. The lowest BCUT2D eigenvalue weighted by molar-refractivity contribution is 0.0603. The highest BCUT2D eigenvalue weighted by atomic mass is 16.5. The highest BCUT2D eigenvalue weighted by Crippen LogP contribution is 2.29. The van der Waals surface area contributed by atoms with E-state index in [1.54, 1.807) is 0 Å². The first-order valence-electron chi connectivity index (χ1n) is 9.62. The number of aromatic nitrogens is 2. The molecule has 3 aliphatic heterocycles. The van der Waals surface area contributed by atoms with Gasteiger partial charge in [-0.25, -0.2) is 4.79 Å². The van der Waals surface area contributed by atoms with Crippen LogP contribution in [0.25, 0.3) is 10.9 Å². The van der Waals surface area contributed by atoms with E-state index in [0.29, 0.717) is 18.2 Å². The Morgan fingerprint density at radius 1 is 1.35 bits per heavy atom. The quantitative estimate of drug-likeness (QED) is 0.835. The van der Waals surface area contributed by atoms with Crippen LogP contribution in [0, 0.1) is 5.92 Å². The fourth-order valence-electron chi connectivity index (χ4n) is 4.49. The van der Waals surface area contributed by atoms with Crippen LogP contribution in [0.1, 0.15) is 48.8 Å². The molecule has 6 nitrogen and oxygen atoms in total. The molecule has 0 amide bonds. The average molecular weight is 356 g/mol. The molecule has 1 aromatic carbocycles. The molecule has 2 aromatic rings. The Hall–Kier alpha value is -1.92. The summed E-state index contributed by atoms with van der Waals surface area (Å²) in [4.78, 5) is 14.8. The zero-order valence-corrected chi connectivity index (χ0v) is 15.9. The largest absolute Gasteiger partial charge is 0.465 e. The van der Waals surface area contributed by atoms with E-state index in [1.165, 1.54) is 33.0 Å². The van der Waals surface area contributed by atoms with E-state index >= 15 is 0 Å². The summed E-state index contributed by atoms with van der Waals surface area (Å²) in [6.45, 7) is 8.50. The Morgan fingerprint density at radius 3 is 2.73 bits per heavy atom. The van der Waals surface area contributed by atoms with Crippen LogP contribution in [-0.4, -0.2) is 53.4 Å². The maximum atomic E-state index is 12.3. The molecule has 26 heavy (non-hydrogen) atoms. The summed E-state index contributed by atoms with van der Waals surface area (Å²) in [7, 11) is 1.43. The number of benzene rings is 1. The van der Waals surface area contributed by atoms with Gasteiger partial charge in [-0.05, 0) is 57.8 Å². The predicted octanol–water partition coefficient (Wildman–Crippen LogP) is 2.59. The smallest absolute Gasteiger partial charge is 0.338 e. The number of esters is 1. The molecule has 3 fully saturated rings. The van der Waals surface area contributed by atoms with Crippen molar-refractivity contribution < 1.29 is 9.53 Å². The maximum Gasteiger partial charge on any atom is 0.338 e. The Bertz CT molecular complexity index is 805. The first kappa shape index (κ1) is 17.5. The number of ether oxygens (including phenoxy) is 1. The van der Waals surface area contributed by atoms with Crippen LogP contribution in [0.3, 0.4) is 0 Å². The van der Waals surface area contributed by atoms with Crippen LogP contribution in [0.15, 0.2) is 18.2 Å². The zero-order valence-electron chi connectivity index (χ0n) is 15.9. The van der Waals surface area contributed by atoms with E-state index in [-0.39, 0.29) is 12.0 Å². The third-order valence-electron chi connectivity index (χ3n) is 5.89. The van der Waals surface area contributed by atoms with Crippen LogP contribution in [0.5, 0.6) is 0 Å². The molecule has 6 heteroatoms. The summed E-state index contributed by atoms with van der Waals surface area (Å²) in [6.07, 6.45) is 2.57. The summed E-state index contributed by atoms with van der Waals surface area (Å²) in [5.74, 6) is 0.460. The lowest BCUT2D eigenvalue weighted by Gasteiger charge is -2.45. The van der Waals surface area contributed by atoms with Crippen molar-refractivity contribution in [3.63, 3.8) is 0 Å². The van der Waals surface area contributed by atoms with Gasteiger partial charge in [0.25, 0.3) is 0 Å². The van der Waals surface area contributed by atoms with Gasteiger partial charge in [0.1, 0.15) is 0 Å². The summed E-state index contributed by atoms with van der Waals surface area (Å²) in [5, 5.41) is 9.49. The number of carbonyl (C=O) groups is 1. The number of carbonyl (C=O) groups excluding carboxylic acids is 1. The lowest BCUT2D eigenvalue weighted by atomic mass is 9.84. The topological polar surface area (TPSA) is 59.4 Å². The summed E-state index contributed by atoms with van der Waals surface area (Å²) >= 11 is 0. The van der Waals surface area contributed by atoms with Gasteiger partial charge in [0.15, 0.2) is 0 Å². The molecule has 2 bridgehead atoms. The van der Waals surface area contributed by atoms with Crippen molar-refractivity contribution in [1.29, 1.82) is 0 Å². The second-order valence-electron chi connectivity index (χ2n) is 7.80. The average Bonchev–Trinajstić information content (AvgIpc) is 3.06. The molecule has 0 radical (unpaired) electrons. The molecule has 1 aromatic heterocycles. The van der Waals surface area contributed by atoms with Gasteiger partial charge < -0.3 is 15.0 Å². The highest BCUT2D eigenvalue weighted by molar-refractivity contribution is 6.04. The van der Waals surface area contributed by atoms with E-state index in [1.807, 2.05) is 22.9 Å². The third-order valence-corrected chi connectivity index (χ3v) is 5.89. The number of hydrogen-bond donors (Lipinski definition) is 1. The first-order chi connectivity index (χ1) is 12.6. The van der Waals surface area contributed by atoms with Gasteiger partial charge in [-0.2, -0.15) is 5.10 Å². The minimum atomic E-state index is -0.303. The van der Waals surface area contributed by atoms with Crippen molar-refractivity contribution in [2.24, 2.45) is 5.92 Å². The van der Waals surface area contributed by atoms with E-state index in [2.05, 4.69) is 24.1 Å². The highest BCUT2D eigenvalue weighted by Gasteiger charge is 2.34. The van der Waals surface area contributed by atoms with Crippen molar-refractivity contribution in [2.75, 3.05) is 26.7 Å². The number of methoxy groups -OCH3 is 1. The Labute approximate surface area is 154 Å². The normalized spacial score (nSPS) is 25.2. The fourth-order valence-corrected chi connectivity index (χ4v) is 4.49. The van der Waals surface area contributed by atoms with Gasteiger partial charge in [0.05, 0.1) is 23.9 Å². The molecule has 140 valence electrons. The van der Waals surface area contributed by atoms with E-state index in [9.17, 15) is 4.79 Å². The first-order valence-corrected chi connectivity index (χ1v) is 9.62. The summed E-state index contributed by atoms with van der Waals surface area (Å²) in [6, 6.07) is 6.52. The van der Waals surface area contributed by atoms with Gasteiger partial charge in [-0.15, -0.1) is 0 Å². The Balaban J connectivity index is 1.66. The molecule has 1 N–H and O–H groups in total. The van der Waals surface area contributed by atoms with Crippen molar-refractivity contribution in [3.8, 4) is 0 Å². The second kappa shape index (κ2) is 7.00. The molecule has 0 spiro atoms. The molecule has 0 unspecified atom stereocenters. The van der Waals surface area contributed by atoms with Crippen LogP contribution in [-0.2, 0) is 11.3 Å². The monoisotopic (exact) mass is 356 g/mol. The lowest BCUT2D eigenvalue weighted by Crippen LogP contribution is -2.55. The van der Waals surface area contributed by atoms with Crippen molar-refractivity contribution in [3.05, 3.63) is 29.5 Å². The number of rotatable bonds is 5. The molecule has 3 aliphatic rings. The standard InChI is InChI=1S/C20H28N4O2/c1-13(2)24-18-6-4-5-15(20(25)26-3)19(18)16(22-24)11-21-17-12-23-9-7-14(17)8-10-23/h4-6,13-14,17,21H,7-12H2,1-3H3/t17-/m1/s1. The molecular weight excluding hydrogens is 328 g/mol. The number of piperidine rings is 3. The summed E-state index contributed by atoms with van der Waals surface area (Å²) in [5.41, 5.74) is 2.53. The fraction of sp³-hybridized carbons (Fsp3) is 0.600. The predicted molar refractivity (Wildman–Crippen MR) is 101 cm³/mol. The van der Waals surface area contributed by atoms with Crippen LogP contribution >= 0.6 is 0 Å². The van der Waals surface area contributed by atoms with Crippen LogP contribution < -0.4 is 5.32 Å². The molecule has 5 rings (SSSR count). The minimum Gasteiger partial charge on any atom is -0.465 e. The molecule has 1 atom stereocenters. The number of hydrogen-bond acceptors (Lipinski definition) is 5. The van der Waals surface area contributed by atoms with Gasteiger partial charge in [-0.1, -0.05) is 6.07 Å². The van der Waals surface area contributed by atoms with E-state index in [4.69, 9.17) is 9.84 Å². The van der Waals surface area contributed by atoms with Crippen molar-refractivity contribution in [1.82, 2.24) is 20.0 Å². The van der Waals surface area contributed by atoms with Crippen LogP contribution in [0.2, 0.25) is 0 Å². The molecule has 0 saturated carbocycles. The van der Waals surface area contributed by atoms with Gasteiger partial charge >= 0.3 is 5.97 Å². The maximum absolute atomic E-state index is 12.3. The van der Waals surface area contributed by atoms with Gasteiger partial charge in [0.2, 0.25) is 0 Å². The van der Waals surface area contributed by atoms with Crippen LogP contribution in [0.4, 0.5) is 0 Å². The number of nitrogens with one attached hydrogen (secondary N) is 1. The molecule has 0 aliphatic carbocycles.